The lowest BCUT2D eigenvalue weighted by Gasteiger charge is -2.11. The average Bonchev–Trinajstić information content (AvgIpc) is 3.32. The van der Waals surface area contributed by atoms with Gasteiger partial charge in [-0.2, -0.15) is 13.2 Å². The smallest absolute Gasteiger partial charge is 0.364 e. The van der Waals surface area contributed by atoms with Crippen LogP contribution in [0.4, 0.5) is 19.0 Å². The van der Waals surface area contributed by atoms with E-state index < -0.39 is 40.5 Å². The van der Waals surface area contributed by atoms with Crippen LogP contribution < -0.4 is 16.4 Å². The first-order chi connectivity index (χ1) is 16.5. The molecule has 0 bridgehead atoms. The number of nitrogens with one attached hydrogen (secondary N) is 2. The molecule has 0 saturated carbocycles. The molecule has 1 atom stereocenters. The molecule has 15 heteroatoms. The Balaban J connectivity index is 0.00000210. The van der Waals surface area contributed by atoms with Gasteiger partial charge in [-0.05, 0) is 13.0 Å². The van der Waals surface area contributed by atoms with Crippen LogP contribution in [0.25, 0.3) is 0 Å². The third-order valence-electron chi connectivity index (χ3n) is 4.02. The second-order valence-electron chi connectivity index (χ2n) is 6.41. The first-order valence-electron chi connectivity index (χ1n) is 9.88. The second kappa shape index (κ2) is 11.7. The molecule has 186 valence electrons. The number of rotatable bonds is 6. The molecular formula is C20H19ClF3N7O3S. The van der Waals surface area contributed by atoms with Gasteiger partial charge in [0.2, 0.25) is 0 Å². The lowest BCUT2D eigenvalue weighted by Crippen LogP contribution is -2.28. The highest BCUT2D eigenvalue weighted by Crippen LogP contribution is 2.35. The SMILES string of the molecule is CC.CC(NC(=O)c1cc(C(N)=O)ncn1)c1ncc(C(=O)Nc2cc(C(F)(F)F)c(Cl)cn2)s1. The van der Waals surface area contributed by atoms with Crippen LogP contribution in [-0.2, 0) is 6.18 Å². The molecule has 0 aliphatic rings. The molecule has 3 heterocycles. The number of halogens is 4. The van der Waals surface area contributed by atoms with Crippen LogP contribution in [0, 0.1) is 0 Å². The van der Waals surface area contributed by atoms with Crippen molar-refractivity contribution in [1.82, 2.24) is 25.3 Å². The number of carbonyl (C=O) groups excluding carboxylic acids is 3. The molecule has 0 saturated heterocycles. The highest BCUT2D eigenvalue weighted by atomic mass is 35.5. The lowest BCUT2D eigenvalue weighted by atomic mass is 10.2. The third kappa shape index (κ3) is 7.16. The van der Waals surface area contributed by atoms with E-state index in [1.807, 2.05) is 13.8 Å². The Morgan fingerprint density at radius 3 is 2.31 bits per heavy atom. The van der Waals surface area contributed by atoms with Gasteiger partial charge in [-0.3, -0.25) is 14.4 Å². The van der Waals surface area contributed by atoms with Crippen molar-refractivity contribution in [2.45, 2.75) is 33.0 Å². The van der Waals surface area contributed by atoms with Gasteiger partial charge in [0.05, 0.1) is 22.8 Å². The Labute approximate surface area is 206 Å². The van der Waals surface area contributed by atoms with Crippen LogP contribution in [0.5, 0.6) is 0 Å². The molecule has 0 aliphatic carbocycles. The Hall–Kier alpha value is -3.65. The predicted molar refractivity (Wildman–Crippen MR) is 122 cm³/mol. The van der Waals surface area contributed by atoms with E-state index >= 15 is 0 Å². The molecule has 3 aromatic rings. The molecule has 0 aromatic carbocycles. The van der Waals surface area contributed by atoms with Crippen LogP contribution in [0.1, 0.15) is 68.0 Å². The Morgan fingerprint density at radius 1 is 1.03 bits per heavy atom. The number of primary amides is 1. The van der Waals surface area contributed by atoms with Crippen LogP contribution in [0.15, 0.2) is 30.9 Å². The van der Waals surface area contributed by atoms with E-state index in [-0.39, 0.29) is 22.1 Å². The van der Waals surface area contributed by atoms with Crippen molar-refractivity contribution in [3.8, 4) is 0 Å². The number of nitrogens with two attached hydrogens (primary N) is 1. The largest absolute Gasteiger partial charge is 0.418 e. The number of aromatic nitrogens is 4. The summed E-state index contributed by atoms with van der Waals surface area (Å²) >= 11 is 6.42. The Kier molecular flexibility index (Phi) is 9.19. The van der Waals surface area contributed by atoms with Crippen molar-refractivity contribution >= 4 is 46.5 Å². The fraction of sp³-hybridized carbons (Fsp3) is 0.250. The molecule has 0 spiro atoms. The van der Waals surface area contributed by atoms with Gasteiger partial charge in [-0.25, -0.2) is 19.9 Å². The van der Waals surface area contributed by atoms with Gasteiger partial charge in [0.15, 0.2) is 0 Å². The third-order valence-corrected chi connectivity index (χ3v) is 5.50. The summed E-state index contributed by atoms with van der Waals surface area (Å²) in [5.41, 5.74) is 3.74. The number of carbonyl (C=O) groups is 3. The van der Waals surface area contributed by atoms with Crippen LogP contribution in [0.2, 0.25) is 5.02 Å². The van der Waals surface area contributed by atoms with Gasteiger partial charge in [0.25, 0.3) is 17.7 Å². The number of amides is 3. The molecule has 0 aliphatic heterocycles. The molecule has 3 aromatic heterocycles. The highest BCUT2D eigenvalue weighted by molar-refractivity contribution is 7.13. The zero-order chi connectivity index (χ0) is 26.3. The number of pyridine rings is 1. The van der Waals surface area contributed by atoms with Gasteiger partial charge >= 0.3 is 6.18 Å². The monoisotopic (exact) mass is 529 g/mol. The molecule has 10 nitrogen and oxygen atoms in total. The van der Waals surface area contributed by atoms with E-state index in [1.165, 1.54) is 6.20 Å². The predicted octanol–water partition coefficient (Wildman–Crippen LogP) is 3.87. The number of thiazole rings is 1. The van der Waals surface area contributed by atoms with Gasteiger partial charge < -0.3 is 16.4 Å². The molecule has 3 rings (SSSR count). The van der Waals surface area contributed by atoms with E-state index in [0.717, 1.165) is 29.9 Å². The second-order valence-corrected chi connectivity index (χ2v) is 7.88. The fourth-order valence-electron chi connectivity index (χ4n) is 2.44. The van der Waals surface area contributed by atoms with Crippen molar-refractivity contribution in [3.05, 3.63) is 62.7 Å². The summed E-state index contributed by atoms with van der Waals surface area (Å²) in [6, 6.07) is 1.08. The maximum atomic E-state index is 13.0. The number of nitrogens with zero attached hydrogens (tertiary/aromatic N) is 4. The fourth-order valence-corrected chi connectivity index (χ4v) is 3.47. The summed E-state index contributed by atoms with van der Waals surface area (Å²) in [6.45, 7) is 5.59. The van der Waals surface area contributed by atoms with Gasteiger partial charge in [-0.15, -0.1) is 11.3 Å². The summed E-state index contributed by atoms with van der Waals surface area (Å²) in [5.74, 6) is -2.56. The van der Waals surface area contributed by atoms with Gasteiger partial charge in [-0.1, -0.05) is 25.4 Å². The normalized spacial score (nSPS) is 11.6. The topological polar surface area (TPSA) is 153 Å². The van der Waals surface area contributed by atoms with E-state index in [1.54, 1.807) is 6.92 Å². The maximum absolute atomic E-state index is 13.0. The molecule has 35 heavy (non-hydrogen) atoms. The first kappa shape index (κ1) is 27.6. The minimum atomic E-state index is -4.72. The summed E-state index contributed by atoms with van der Waals surface area (Å²) in [5, 5.41) is 4.57. The van der Waals surface area contributed by atoms with Crippen LogP contribution in [-0.4, -0.2) is 37.7 Å². The lowest BCUT2D eigenvalue weighted by molar-refractivity contribution is -0.137. The van der Waals surface area contributed by atoms with E-state index in [9.17, 15) is 27.6 Å². The maximum Gasteiger partial charge on any atom is 0.418 e. The number of hydrogen-bond donors (Lipinski definition) is 3. The average molecular weight is 530 g/mol. The van der Waals surface area contributed by atoms with Crippen molar-refractivity contribution in [2.75, 3.05) is 5.32 Å². The first-order valence-corrected chi connectivity index (χ1v) is 11.1. The molecular weight excluding hydrogens is 511 g/mol. The number of hydrogen-bond acceptors (Lipinski definition) is 8. The molecule has 0 fully saturated rings. The zero-order valence-corrected chi connectivity index (χ0v) is 20.0. The number of anilines is 1. The van der Waals surface area contributed by atoms with Crippen LogP contribution in [0.3, 0.4) is 0 Å². The zero-order valence-electron chi connectivity index (χ0n) is 18.5. The van der Waals surface area contributed by atoms with E-state index in [0.29, 0.717) is 11.1 Å². The molecule has 0 radical (unpaired) electrons. The summed E-state index contributed by atoms with van der Waals surface area (Å²) in [4.78, 5) is 51.2. The summed E-state index contributed by atoms with van der Waals surface area (Å²) < 4.78 is 38.9. The van der Waals surface area contributed by atoms with E-state index in [2.05, 4.69) is 30.6 Å². The van der Waals surface area contributed by atoms with Gasteiger partial charge in [0, 0.05) is 12.3 Å². The van der Waals surface area contributed by atoms with Crippen LogP contribution >= 0.6 is 22.9 Å². The van der Waals surface area contributed by atoms with Crippen molar-refractivity contribution < 1.29 is 27.6 Å². The van der Waals surface area contributed by atoms with Crippen molar-refractivity contribution in [3.63, 3.8) is 0 Å². The highest BCUT2D eigenvalue weighted by Gasteiger charge is 2.34. The minimum absolute atomic E-state index is 0.0643. The molecule has 4 N–H and O–H groups in total. The van der Waals surface area contributed by atoms with E-state index in [4.69, 9.17) is 17.3 Å². The Morgan fingerprint density at radius 2 is 1.69 bits per heavy atom. The minimum Gasteiger partial charge on any atom is -0.364 e. The molecule has 3 amide bonds. The van der Waals surface area contributed by atoms with Crippen molar-refractivity contribution in [1.29, 1.82) is 0 Å². The van der Waals surface area contributed by atoms with Crippen molar-refractivity contribution in [2.24, 2.45) is 5.73 Å². The summed E-state index contributed by atoms with van der Waals surface area (Å²) in [7, 11) is 0. The quantitative estimate of drug-likeness (QED) is 0.438. The van der Waals surface area contributed by atoms with Gasteiger partial charge in [0.1, 0.15) is 33.4 Å². The Bertz CT molecular complexity index is 1240. The standard InChI is InChI=1S/C18H13ClF3N7O3S.C2H6/c1-7(28-15(31)11-3-10(14(23)30)26-6-27-11)17-25-5-12(33-17)16(32)29-13-2-8(18(20,21)22)9(19)4-24-13;1-2/h2-7H,1H3,(H2,23,30)(H,28,31)(H,24,29,32);1-2H3. The number of alkyl halides is 3. The summed E-state index contributed by atoms with van der Waals surface area (Å²) in [6.07, 6.45) is -1.71. The molecule has 1 unspecified atom stereocenters.